The molecule has 0 bridgehead atoms. The predicted molar refractivity (Wildman–Crippen MR) is 81.7 cm³/mol. The molecule has 1 amide bonds. The molecular weight excluding hydrogens is 292 g/mol. The average molecular weight is 313 g/mol. The van der Waals surface area contributed by atoms with E-state index in [1.165, 1.54) is 6.07 Å². The summed E-state index contributed by atoms with van der Waals surface area (Å²) in [6.45, 7) is 7.70. The van der Waals surface area contributed by atoms with Gasteiger partial charge in [-0.05, 0) is 30.4 Å². The summed E-state index contributed by atoms with van der Waals surface area (Å²) in [6.07, 6.45) is 0.372. The number of nitrogens with one attached hydrogen (secondary N) is 1. The van der Waals surface area contributed by atoms with Gasteiger partial charge in [0, 0.05) is 11.3 Å². The Labute approximate surface area is 129 Å². The summed E-state index contributed by atoms with van der Waals surface area (Å²) >= 11 is 5.91. The number of carbonyl (C=O) groups excluding carboxylic acids is 1. The highest BCUT2D eigenvalue weighted by Gasteiger charge is 2.22. The van der Waals surface area contributed by atoms with Crippen LogP contribution in [0.2, 0.25) is 5.15 Å². The van der Waals surface area contributed by atoms with E-state index >= 15 is 0 Å². The fraction of sp³-hybridized carbons (Fsp3) is 0.533. The Hall–Kier alpha value is -1.62. The zero-order valence-electron chi connectivity index (χ0n) is 12.7. The fourth-order valence-corrected chi connectivity index (χ4v) is 2.09. The molecule has 0 unspecified atom stereocenters. The Bertz CT molecular complexity index is 530. The van der Waals surface area contributed by atoms with Gasteiger partial charge in [-0.1, -0.05) is 39.3 Å². The molecule has 2 N–H and O–H groups in total. The number of nitrogens with zero attached hydrogens (tertiary/aromatic N) is 1. The molecule has 0 spiro atoms. The summed E-state index contributed by atoms with van der Waals surface area (Å²) in [7, 11) is 0. The number of carboxylic acid groups (broad SMARTS) is 1. The van der Waals surface area contributed by atoms with Crippen LogP contribution in [-0.2, 0) is 4.79 Å². The van der Waals surface area contributed by atoms with Gasteiger partial charge in [0.1, 0.15) is 11.2 Å². The molecule has 0 aliphatic carbocycles. The van der Waals surface area contributed by atoms with E-state index in [4.69, 9.17) is 16.7 Å². The average Bonchev–Trinajstić information content (AvgIpc) is 2.36. The van der Waals surface area contributed by atoms with E-state index in [0.29, 0.717) is 17.7 Å². The third-order valence-corrected chi connectivity index (χ3v) is 3.17. The van der Waals surface area contributed by atoms with Crippen molar-refractivity contribution in [2.45, 2.75) is 46.1 Å². The highest BCUT2D eigenvalue weighted by molar-refractivity contribution is 6.29. The van der Waals surface area contributed by atoms with E-state index in [-0.39, 0.29) is 17.0 Å². The van der Waals surface area contributed by atoms with Crippen molar-refractivity contribution in [2.75, 3.05) is 0 Å². The van der Waals surface area contributed by atoms with E-state index in [2.05, 4.69) is 10.3 Å². The first-order chi connectivity index (χ1) is 9.70. The van der Waals surface area contributed by atoms with Gasteiger partial charge >= 0.3 is 5.97 Å². The number of carbonyl (C=O) groups is 2. The third-order valence-electron chi connectivity index (χ3n) is 2.98. The second-order valence-corrected chi connectivity index (χ2v) is 6.14. The number of aliphatic carboxylic acids is 1. The minimum Gasteiger partial charge on any atom is -0.480 e. The molecule has 116 valence electrons. The largest absolute Gasteiger partial charge is 0.480 e. The van der Waals surface area contributed by atoms with E-state index in [0.717, 1.165) is 0 Å². The van der Waals surface area contributed by atoms with Crippen LogP contribution in [0.25, 0.3) is 0 Å². The van der Waals surface area contributed by atoms with E-state index < -0.39 is 17.9 Å². The van der Waals surface area contributed by atoms with Gasteiger partial charge in [-0.25, -0.2) is 9.78 Å². The van der Waals surface area contributed by atoms with Crippen LogP contribution >= 0.6 is 11.6 Å². The first-order valence-electron chi connectivity index (χ1n) is 6.91. The molecule has 0 saturated heterocycles. The molecule has 0 aliphatic heterocycles. The summed E-state index contributed by atoms with van der Waals surface area (Å²) in [6, 6.07) is 2.17. The van der Waals surface area contributed by atoms with Crippen molar-refractivity contribution in [1.82, 2.24) is 10.3 Å². The maximum absolute atomic E-state index is 12.2. The maximum atomic E-state index is 12.2. The molecule has 5 nitrogen and oxygen atoms in total. The Morgan fingerprint density at radius 2 is 1.90 bits per heavy atom. The zero-order valence-corrected chi connectivity index (χ0v) is 13.4. The molecule has 0 radical (unpaired) electrons. The highest BCUT2D eigenvalue weighted by atomic mass is 35.5. The molecule has 0 aromatic carbocycles. The SMILES string of the molecule is CC(C)C[C@H](NC(=O)c1cc(Cl)nc(C(C)C)c1)C(=O)O. The number of hydrogen-bond donors (Lipinski definition) is 2. The van der Waals surface area contributed by atoms with Crippen molar-refractivity contribution < 1.29 is 14.7 Å². The Morgan fingerprint density at radius 3 is 2.38 bits per heavy atom. The topological polar surface area (TPSA) is 79.3 Å². The zero-order chi connectivity index (χ0) is 16.2. The molecule has 0 fully saturated rings. The molecule has 1 aromatic rings. The summed E-state index contributed by atoms with van der Waals surface area (Å²) in [5.41, 5.74) is 1.03. The van der Waals surface area contributed by atoms with Crippen molar-refractivity contribution in [3.63, 3.8) is 0 Å². The summed E-state index contributed by atoms with van der Waals surface area (Å²) in [5, 5.41) is 11.9. The van der Waals surface area contributed by atoms with Gasteiger partial charge in [-0.15, -0.1) is 0 Å². The van der Waals surface area contributed by atoms with Crippen molar-refractivity contribution in [3.8, 4) is 0 Å². The fourth-order valence-electron chi connectivity index (χ4n) is 1.88. The first-order valence-corrected chi connectivity index (χ1v) is 7.29. The number of hydrogen-bond acceptors (Lipinski definition) is 3. The van der Waals surface area contributed by atoms with Gasteiger partial charge in [0.15, 0.2) is 0 Å². The van der Waals surface area contributed by atoms with Crippen LogP contribution in [0, 0.1) is 5.92 Å². The molecule has 1 heterocycles. The monoisotopic (exact) mass is 312 g/mol. The lowest BCUT2D eigenvalue weighted by atomic mass is 10.0. The quantitative estimate of drug-likeness (QED) is 0.791. The van der Waals surface area contributed by atoms with E-state index in [9.17, 15) is 9.59 Å². The van der Waals surface area contributed by atoms with Crippen molar-refractivity contribution >= 4 is 23.5 Å². The standard InChI is InChI=1S/C15H21ClN2O3/c1-8(2)5-12(15(20)21)18-14(19)10-6-11(9(3)4)17-13(16)7-10/h6-9,12H,5H2,1-4H3,(H,18,19)(H,20,21)/t12-/m0/s1. The molecule has 21 heavy (non-hydrogen) atoms. The van der Waals surface area contributed by atoms with Gasteiger partial charge in [-0.3, -0.25) is 4.79 Å². The van der Waals surface area contributed by atoms with Crippen LogP contribution in [0.15, 0.2) is 12.1 Å². The number of aromatic nitrogens is 1. The summed E-state index contributed by atoms with van der Waals surface area (Å²) in [4.78, 5) is 27.5. The smallest absolute Gasteiger partial charge is 0.326 e. The molecule has 0 aliphatic rings. The van der Waals surface area contributed by atoms with Crippen molar-refractivity contribution in [2.24, 2.45) is 5.92 Å². The third kappa shape index (κ3) is 5.34. The van der Waals surface area contributed by atoms with Gasteiger partial charge in [0.25, 0.3) is 5.91 Å². The summed E-state index contributed by atoms with van der Waals surface area (Å²) < 4.78 is 0. The van der Waals surface area contributed by atoms with Gasteiger partial charge in [0.2, 0.25) is 0 Å². The Kier molecular flexibility index (Phi) is 6.15. The van der Waals surface area contributed by atoms with Gasteiger partial charge in [0.05, 0.1) is 0 Å². The number of carboxylic acids is 1. The second-order valence-electron chi connectivity index (χ2n) is 5.75. The number of halogens is 1. The Balaban J connectivity index is 2.94. The minimum absolute atomic E-state index is 0.126. The van der Waals surface area contributed by atoms with Crippen molar-refractivity contribution in [3.05, 3.63) is 28.5 Å². The van der Waals surface area contributed by atoms with E-state index in [1.807, 2.05) is 27.7 Å². The van der Waals surface area contributed by atoms with Gasteiger partial charge < -0.3 is 10.4 Å². The van der Waals surface area contributed by atoms with Crippen LogP contribution < -0.4 is 5.32 Å². The Morgan fingerprint density at radius 1 is 1.29 bits per heavy atom. The lowest BCUT2D eigenvalue weighted by molar-refractivity contribution is -0.139. The lowest BCUT2D eigenvalue weighted by Crippen LogP contribution is -2.41. The highest BCUT2D eigenvalue weighted by Crippen LogP contribution is 2.18. The van der Waals surface area contributed by atoms with Crippen LogP contribution in [-0.4, -0.2) is 28.0 Å². The minimum atomic E-state index is -1.04. The summed E-state index contributed by atoms with van der Waals surface area (Å²) in [5.74, 6) is -1.20. The van der Waals surface area contributed by atoms with Crippen LogP contribution in [0.4, 0.5) is 0 Å². The number of pyridine rings is 1. The van der Waals surface area contributed by atoms with Crippen LogP contribution in [0.3, 0.4) is 0 Å². The molecular formula is C15H21ClN2O3. The first kappa shape index (κ1) is 17.4. The second kappa shape index (κ2) is 7.41. The lowest BCUT2D eigenvalue weighted by Gasteiger charge is -2.17. The molecule has 1 atom stereocenters. The molecule has 6 heteroatoms. The number of amides is 1. The predicted octanol–water partition coefficient (Wildman–Crippen LogP) is 3.09. The molecule has 1 rings (SSSR count). The normalized spacial score (nSPS) is 12.5. The van der Waals surface area contributed by atoms with E-state index in [1.54, 1.807) is 6.07 Å². The number of rotatable bonds is 6. The molecule has 1 aromatic heterocycles. The van der Waals surface area contributed by atoms with Crippen molar-refractivity contribution in [1.29, 1.82) is 0 Å². The van der Waals surface area contributed by atoms with Gasteiger partial charge in [-0.2, -0.15) is 0 Å². The van der Waals surface area contributed by atoms with Crippen LogP contribution in [0.5, 0.6) is 0 Å². The van der Waals surface area contributed by atoms with Crippen LogP contribution in [0.1, 0.15) is 56.1 Å². The molecule has 0 saturated carbocycles. The maximum Gasteiger partial charge on any atom is 0.326 e.